The number of amides is 2. The molecule has 5 nitrogen and oxygen atoms in total. The minimum Gasteiger partial charge on any atom is -0.480 e. The van der Waals surface area contributed by atoms with E-state index < -0.39 is 23.8 Å². The highest BCUT2D eigenvalue weighted by atomic mass is 79.9. The Hall–Kier alpha value is -1.69. The van der Waals surface area contributed by atoms with E-state index in [-0.39, 0.29) is 6.42 Å². The van der Waals surface area contributed by atoms with Crippen molar-refractivity contribution in [2.45, 2.75) is 25.3 Å². The first-order valence-corrected chi connectivity index (χ1v) is 6.65. The highest BCUT2D eigenvalue weighted by Crippen LogP contribution is 2.24. The van der Waals surface area contributed by atoms with Crippen LogP contribution in [-0.4, -0.2) is 33.8 Å². The SMILES string of the molecule is O=C(O)C1CCCC(=O)N1C(=O)c1ccccc1Br. The van der Waals surface area contributed by atoms with Crippen LogP contribution in [0.4, 0.5) is 0 Å². The highest BCUT2D eigenvalue weighted by molar-refractivity contribution is 9.10. The standard InChI is InChI=1S/C13H12BrNO4/c14-9-5-2-1-4-8(9)12(17)15-10(13(18)19)6-3-7-11(15)16/h1-2,4-5,10H,3,6-7H2,(H,18,19). The van der Waals surface area contributed by atoms with E-state index in [0.29, 0.717) is 22.9 Å². The molecule has 1 aliphatic rings. The number of benzene rings is 1. The van der Waals surface area contributed by atoms with Gasteiger partial charge in [-0.3, -0.25) is 14.5 Å². The zero-order chi connectivity index (χ0) is 14.0. The summed E-state index contributed by atoms with van der Waals surface area (Å²) < 4.78 is 0.544. The molecular weight excluding hydrogens is 314 g/mol. The van der Waals surface area contributed by atoms with Crippen molar-refractivity contribution in [1.82, 2.24) is 4.90 Å². The molecule has 1 aromatic rings. The lowest BCUT2D eigenvalue weighted by Crippen LogP contribution is -2.51. The molecule has 0 spiro atoms. The Kier molecular flexibility index (Phi) is 3.99. The molecule has 100 valence electrons. The van der Waals surface area contributed by atoms with Crippen LogP contribution in [0.5, 0.6) is 0 Å². The molecule has 1 fully saturated rings. The van der Waals surface area contributed by atoms with Crippen molar-refractivity contribution >= 4 is 33.7 Å². The average molecular weight is 326 g/mol. The summed E-state index contributed by atoms with van der Waals surface area (Å²) in [5.74, 6) is -2.14. The number of hydrogen-bond donors (Lipinski definition) is 1. The Morgan fingerprint density at radius 2 is 2.00 bits per heavy atom. The van der Waals surface area contributed by atoms with E-state index in [0.717, 1.165) is 4.90 Å². The zero-order valence-corrected chi connectivity index (χ0v) is 11.6. The summed E-state index contributed by atoms with van der Waals surface area (Å²) in [6.45, 7) is 0. The van der Waals surface area contributed by atoms with Crippen LogP contribution in [0.15, 0.2) is 28.7 Å². The average Bonchev–Trinajstić information content (AvgIpc) is 2.38. The first kappa shape index (κ1) is 13.7. The van der Waals surface area contributed by atoms with E-state index in [1.54, 1.807) is 24.3 Å². The summed E-state index contributed by atoms with van der Waals surface area (Å²) in [5, 5.41) is 9.13. The molecule has 1 unspecified atom stereocenters. The number of likely N-dealkylation sites (tertiary alicyclic amines) is 1. The minimum absolute atomic E-state index is 0.208. The molecule has 1 aromatic carbocycles. The van der Waals surface area contributed by atoms with E-state index in [9.17, 15) is 14.4 Å². The molecule has 1 heterocycles. The van der Waals surface area contributed by atoms with E-state index in [1.165, 1.54) is 0 Å². The molecule has 0 aliphatic carbocycles. The number of hydrogen-bond acceptors (Lipinski definition) is 3. The maximum atomic E-state index is 12.4. The molecule has 1 aliphatic heterocycles. The molecule has 2 rings (SSSR count). The second-order valence-electron chi connectivity index (χ2n) is 4.30. The summed E-state index contributed by atoms with van der Waals surface area (Å²) in [6.07, 6.45) is 1.01. The Balaban J connectivity index is 2.37. The molecule has 0 radical (unpaired) electrons. The lowest BCUT2D eigenvalue weighted by atomic mass is 10.00. The van der Waals surface area contributed by atoms with Gasteiger partial charge < -0.3 is 5.11 Å². The molecule has 1 N–H and O–H groups in total. The third-order valence-corrected chi connectivity index (χ3v) is 3.75. The van der Waals surface area contributed by atoms with Crippen molar-refractivity contribution in [3.63, 3.8) is 0 Å². The molecule has 1 atom stereocenters. The summed E-state index contributed by atoms with van der Waals surface area (Å²) in [5.41, 5.74) is 0.295. The second-order valence-corrected chi connectivity index (χ2v) is 5.15. The Morgan fingerprint density at radius 3 is 2.63 bits per heavy atom. The van der Waals surface area contributed by atoms with E-state index in [1.807, 2.05) is 0 Å². The van der Waals surface area contributed by atoms with Gasteiger partial charge in [0, 0.05) is 10.9 Å². The van der Waals surface area contributed by atoms with Gasteiger partial charge in [0.15, 0.2) is 0 Å². The van der Waals surface area contributed by atoms with Crippen molar-refractivity contribution < 1.29 is 19.5 Å². The topological polar surface area (TPSA) is 74.7 Å². The van der Waals surface area contributed by atoms with Crippen LogP contribution in [0.2, 0.25) is 0 Å². The third-order valence-electron chi connectivity index (χ3n) is 3.06. The number of rotatable bonds is 2. The predicted molar refractivity (Wildman–Crippen MR) is 70.6 cm³/mol. The van der Waals surface area contributed by atoms with Gasteiger partial charge in [-0.25, -0.2) is 4.79 Å². The second kappa shape index (κ2) is 5.52. The van der Waals surface area contributed by atoms with Gasteiger partial charge in [0.2, 0.25) is 5.91 Å². The summed E-state index contributed by atoms with van der Waals surface area (Å²) in [4.78, 5) is 36.3. The monoisotopic (exact) mass is 325 g/mol. The summed E-state index contributed by atoms with van der Waals surface area (Å²) >= 11 is 3.23. The Morgan fingerprint density at radius 1 is 1.32 bits per heavy atom. The van der Waals surface area contributed by atoms with Crippen LogP contribution in [0, 0.1) is 0 Å². The normalized spacial score (nSPS) is 19.3. The van der Waals surface area contributed by atoms with Gasteiger partial charge in [-0.05, 0) is 40.9 Å². The zero-order valence-electron chi connectivity index (χ0n) is 10.0. The van der Waals surface area contributed by atoms with Gasteiger partial charge >= 0.3 is 5.97 Å². The number of aliphatic carboxylic acids is 1. The van der Waals surface area contributed by atoms with Crippen molar-refractivity contribution in [2.24, 2.45) is 0 Å². The first-order valence-electron chi connectivity index (χ1n) is 5.86. The Bertz CT molecular complexity index is 543. The fourth-order valence-corrected chi connectivity index (χ4v) is 2.58. The number of piperidine rings is 1. The van der Waals surface area contributed by atoms with E-state index in [4.69, 9.17) is 5.11 Å². The van der Waals surface area contributed by atoms with Crippen molar-refractivity contribution in [1.29, 1.82) is 0 Å². The van der Waals surface area contributed by atoms with E-state index >= 15 is 0 Å². The lowest BCUT2D eigenvalue weighted by molar-refractivity contribution is -0.150. The smallest absolute Gasteiger partial charge is 0.326 e. The lowest BCUT2D eigenvalue weighted by Gasteiger charge is -2.31. The molecule has 2 amide bonds. The molecule has 1 saturated heterocycles. The van der Waals surface area contributed by atoms with Crippen molar-refractivity contribution in [2.75, 3.05) is 0 Å². The largest absolute Gasteiger partial charge is 0.480 e. The molecule has 19 heavy (non-hydrogen) atoms. The van der Waals surface area contributed by atoms with Crippen LogP contribution in [0.25, 0.3) is 0 Å². The maximum Gasteiger partial charge on any atom is 0.326 e. The molecule has 0 saturated carbocycles. The van der Waals surface area contributed by atoms with Crippen LogP contribution < -0.4 is 0 Å². The molecule has 0 bridgehead atoms. The van der Waals surface area contributed by atoms with Gasteiger partial charge in [0.25, 0.3) is 5.91 Å². The van der Waals surface area contributed by atoms with Crippen LogP contribution in [0.1, 0.15) is 29.6 Å². The number of carbonyl (C=O) groups is 3. The first-order chi connectivity index (χ1) is 9.02. The minimum atomic E-state index is -1.14. The van der Waals surface area contributed by atoms with Gasteiger partial charge in [-0.15, -0.1) is 0 Å². The number of nitrogens with zero attached hydrogens (tertiary/aromatic N) is 1. The molecule has 0 aromatic heterocycles. The fraction of sp³-hybridized carbons (Fsp3) is 0.308. The van der Waals surface area contributed by atoms with Gasteiger partial charge in [-0.2, -0.15) is 0 Å². The van der Waals surface area contributed by atoms with Gasteiger partial charge in [0.05, 0.1) is 5.56 Å². The van der Waals surface area contributed by atoms with Gasteiger partial charge in [0.1, 0.15) is 6.04 Å². The molecule has 6 heteroatoms. The number of carboxylic acid groups (broad SMARTS) is 1. The number of halogens is 1. The van der Waals surface area contributed by atoms with Crippen LogP contribution >= 0.6 is 15.9 Å². The predicted octanol–water partition coefficient (Wildman–Crippen LogP) is 2.06. The maximum absolute atomic E-state index is 12.4. The highest BCUT2D eigenvalue weighted by Gasteiger charge is 2.38. The van der Waals surface area contributed by atoms with Gasteiger partial charge in [-0.1, -0.05) is 12.1 Å². The quantitative estimate of drug-likeness (QED) is 0.844. The summed E-state index contributed by atoms with van der Waals surface area (Å²) in [6, 6.07) is 5.58. The van der Waals surface area contributed by atoms with Crippen molar-refractivity contribution in [3.05, 3.63) is 34.3 Å². The third kappa shape index (κ3) is 2.68. The van der Waals surface area contributed by atoms with Crippen LogP contribution in [0.3, 0.4) is 0 Å². The van der Waals surface area contributed by atoms with E-state index in [2.05, 4.69) is 15.9 Å². The number of carbonyl (C=O) groups excluding carboxylic acids is 2. The molecular formula is C13H12BrNO4. The number of carboxylic acids is 1. The van der Waals surface area contributed by atoms with Crippen LogP contribution in [-0.2, 0) is 9.59 Å². The Labute approximate surface area is 118 Å². The fourth-order valence-electron chi connectivity index (χ4n) is 2.12. The summed E-state index contributed by atoms with van der Waals surface area (Å²) in [7, 11) is 0. The van der Waals surface area contributed by atoms with Crippen molar-refractivity contribution in [3.8, 4) is 0 Å². The number of imide groups is 1.